The Hall–Kier alpha value is -2.18. The second-order valence-electron chi connectivity index (χ2n) is 13.0. The molecule has 0 spiro atoms. The molecule has 0 bridgehead atoms. The Labute approximate surface area is 257 Å². The van der Waals surface area contributed by atoms with Crippen LogP contribution in [-0.2, 0) is 23.3 Å². The van der Waals surface area contributed by atoms with Gasteiger partial charge in [-0.05, 0) is 0 Å². The van der Waals surface area contributed by atoms with Crippen molar-refractivity contribution >= 4 is 29.2 Å². The van der Waals surface area contributed by atoms with Crippen LogP contribution in [0, 0.1) is 5.92 Å². The molecule has 0 fully saturated rings. The second kappa shape index (κ2) is 10.8. The molecule has 208 valence electrons. The van der Waals surface area contributed by atoms with E-state index in [1.807, 2.05) is 0 Å². The first-order valence-electron chi connectivity index (χ1n) is 14.7. The average molecular weight is 657 g/mol. The normalized spacial score (nSPS) is 18.3. The SMILES string of the molecule is CC1=Cc2c(-c3ccccc3)cccc2[CH]1[Zr]([Cl])([Cl])[CH]1C(C(C)C)=Cc2c(-c3ccc(C(C)(C)C)cc3)cccc21. The summed E-state index contributed by atoms with van der Waals surface area (Å²) in [5.74, 6) is 0.359. The topological polar surface area (TPSA) is 0 Å². The van der Waals surface area contributed by atoms with E-state index in [1.54, 1.807) is 0 Å². The molecule has 0 heterocycles. The summed E-state index contributed by atoms with van der Waals surface area (Å²) in [5.41, 5.74) is 14.4. The molecule has 0 amide bonds. The number of hydrogen-bond donors (Lipinski definition) is 0. The van der Waals surface area contributed by atoms with Gasteiger partial charge in [-0.15, -0.1) is 0 Å². The minimum atomic E-state index is -4.00. The summed E-state index contributed by atoms with van der Waals surface area (Å²) in [6.07, 6.45) is 4.77. The van der Waals surface area contributed by atoms with E-state index in [0.29, 0.717) is 5.92 Å². The molecular weight excluding hydrogens is 619 g/mol. The van der Waals surface area contributed by atoms with Crippen molar-refractivity contribution in [2.75, 3.05) is 0 Å². The van der Waals surface area contributed by atoms with Crippen LogP contribution in [-0.4, -0.2) is 0 Å². The Bertz CT molecular complexity index is 1670. The molecule has 2 unspecified atom stereocenters. The molecule has 2 aliphatic carbocycles. The Morgan fingerprint density at radius 2 is 1.17 bits per heavy atom. The molecule has 0 aromatic heterocycles. The van der Waals surface area contributed by atoms with Gasteiger partial charge in [-0.25, -0.2) is 0 Å². The summed E-state index contributed by atoms with van der Waals surface area (Å²) >= 11 is -4.00. The van der Waals surface area contributed by atoms with Crippen molar-refractivity contribution in [1.82, 2.24) is 0 Å². The molecule has 0 saturated carbocycles. The fourth-order valence-corrected chi connectivity index (χ4v) is 21.1. The molecule has 0 N–H and O–H groups in total. The molecule has 2 atom stereocenters. The Morgan fingerprint density at radius 3 is 1.73 bits per heavy atom. The summed E-state index contributed by atoms with van der Waals surface area (Å²) in [6.45, 7) is 13.6. The first-order valence-corrected chi connectivity index (χ1v) is 23.8. The fourth-order valence-electron chi connectivity index (χ4n) is 6.86. The summed E-state index contributed by atoms with van der Waals surface area (Å²) in [4.78, 5) is 0. The van der Waals surface area contributed by atoms with E-state index < -0.39 is 17.9 Å². The summed E-state index contributed by atoms with van der Waals surface area (Å²) in [7, 11) is 15.8. The molecule has 41 heavy (non-hydrogen) atoms. The standard InChI is InChI=1S/C22H25.C16H13.2ClH.Zr/c1-15(2)18-13-17-7-6-8-20(21(17)14-18)16-9-11-19(12-10-16)22(3,4)5;1-12-10-14-8-5-9-15(16(14)11-12)13-6-3-2-4-7-13;;;/h6-15H,1-5H3;2-11H,1H3;2*1H;/q;;;;+2/p-2. The van der Waals surface area contributed by atoms with Gasteiger partial charge in [0.1, 0.15) is 0 Å². The van der Waals surface area contributed by atoms with Crippen molar-refractivity contribution in [2.24, 2.45) is 5.92 Å². The van der Waals surface area contributed by atoms with E-state index in [1.165, 1.54) is 61.2 Å². The first kappa shape index (κ1) is 28.9. The Balaban J connectivity index is 1.45. The molecule has 0 aliphatic heterocycles. The van der Waals surface area contributed by atoms with Crippen LogP contribution in [0.5, 0.6) is 0 Å². The fraction of sp³-hybridized carbons (Fsp3) is 0.263. The second-order valence-corrected chi connectivity index (χ2v) is 27.7. The number of allylic oxidation sites excluding steroid dienone is 2. The zero-order chi connectivity index (χ0) is 29.1. The van der Waals surface area contributed by atoms with Crippen LogP contribution in [0.25, 0.3) is 34.4 Å². The molecule has 6 rings (SSSR count). The van der Waals surface area contributed by atoms with Gasteiger partial charge in [0.25, 0.3) is 0 Å². The molecule has 4 aromatic rings. The average Bonchev–Trinajstić information content (AvgIpc) is 3.51. The number of hydrogen-bond acceptors (Lipinski definition) is 0. The molecule has 2 aliphatic rings. The van der Waals surface area contributed by atoms with Crippen LogP contribution in [0.4, 0.5) is 0 Å². The first-order chi connectivity index (χ1) is 19.5. The van der Waals surface area contributed by atoms with Gasteiger partial charge in [-0.1, -0.05) is 0 Å². The number of rotatable bonds is 5. The Morgan fingerprint density at radius 1 is 0.634 bits per heavy atom. The monoisotopic (exact) mass is 654 g/mol. The van der Waals surface area contributed by atoms with Gasteiger partial charge < -0.3 is 0 Å². The van der Waals surface area contributed by atoms with E-state index in [9.17, 15) is 0 Å². The van der Waals surface area contributed by atoms with Gasteiger partial charge in [0.15, 0.2) is 0 Å². The van der Waals surface area contributed by atoms with Crippen molar-refractivity contribution in [3.63, 3.8) is 0 Å². The predicted octanol–water partition coefficient (Wildman–Crippen LogP) is 12.0. The van der Waals surface area contributed by atoms with Gasteiger partial charge in [0, 0.05) is 0 Å². The molecule has 4 aromatic carbocycles. The van der Waals surface area contributed by atoms with Gasteiger partial charge in [-0.2, -0.15) is 0 Å². The molecular formula is C38H38Cl2Zr. The van der Waals surface area contributed by atoms with Gasteiger partial charge >= 0.3 is 259 Å². The van der Waals surface area contributed by atoms with E-state index in [0.717, 1.165) is 0 Å². The van der Waals surface area contributed by atoms with Crippen LogP contribution in [0.1, 0.15) is 76.6 Å². The third-order valence-electron chi connectivity index (χ3n) is 8.96. The third kappa shape index (κ3) is 5.07. The molecule has 0 nitrogen and oxygen atoms in total. The van der Waals surface area contributed by atoms with Gasteiger partial charge in [-0.3, -0.25) is 0 Å². The number of halogens is 2. The summed E-state index contributed by atoms with van der Waals surface area (Å²) in [6, 6.07) is 33.1. The van der Waals surface area contributed by atoms with E-state index in [4.69, 9.17) is 17.0 Å². The number of benzene rings is 4. The maximum atomic E-state index is 7.90. The van der Waals surface area contributed by atoms with Crippen LogP contribution in [0.2, 0.25) is 0 Å². The van der Waals surface area contributed by atoms with Crippen molar-refractivity contribution in [1.29, 1.82) is 0 Å². The molecule has 0 saturated heterocycles. The summed E-state index contributed by atoms with van der Waals surface area (Å²) < 4.78 is 0.190. The van der Waals surface area contributed by atoms with E-state index in [-0.39, 0.29) is 12.7 Å². The van der Waals surface area contributed by atoms with Crippen molar-refractivity contribution in [2.45, 2.75) is 54.2 Å². The summed E-state index contributed by atoms with van der Waals surface area (Å²) in [5, 5.41) is 0. The van der Waals surface area contributed by atoms with Crippen molar-refractivity contribution in [3.8, 4) is 22.3 Å². The maximum absolute atomic E-state index is 7.90. The number of fused-ring (bicyclic) bond motifs is 2. The van der Waals surface area contributed by atoms with Crippen LogP contribution < -0.4 is 0 Å². The van der Waals surface area contributed by atoms with E-state index >= 15 is 0 Å². The zero-order valence-corrected chi connectivity index (χ0v) is 28.8. The Kier molecular flexibility index (Phi) is 7.64. The van der Waals surface area contributed by atoms with Gasteiger partial charge in [0.05, 0.1) is 0 Å². The van der Waals surface area contributed by atoms with Gasteiger partial charge in [0.2, 0.25) is 0 Å². The van der Waals surface area contributed by atoms with Crippen LogP contribution >= 0.6 is 17.0 Å². The van der Waals surface area contributed by atoms with Crippen LogP contribution in [0.3, 0.4) is 0 Å². The minimum absolute atomic E-state index is 0.0936. The van der Waals surface area contributed by atoms with Crippen LogP contribution in [0.15, 0.2) is 102 Å². The molecule has 0 radical (unpaired) electrons. The van der Waals surface area contributed by atoms with Crippen molar-refractivity contribution in [3.05, 3.63) is 130 Å². The van der Waals surface area contributed by atoms with Crippen molar-refractivity contribution < 1.29 is 17.9 Å². The molecule has 3 heteroatoms. The quantitative estimate of drug-likeness (QED) is 0.201. The zero-order valence-electron chi connectivity index (χ0n) is 24.8. The van der Waals surface area contributed by atoms with E-state index in [2.05, 4.69) is 145 Å². The predicted molar refractivity (Wildman–Crippen MR) is 176 cm³/mol. The third-order valence-corrected chi connectivity index (χ3v) is 21.4.